The number of halogens is 3. The van der Waals surface area contributed by atoms with Crippen molar-refractivity contribution in [2.24, 2.45) is 4.99 Å². The van der Waals surface area contributed by atoms with Gasteiger partial charge in [-0.15, -0.1) is 0 Å². The van der Waals surface area contributed by atoms with Crippen molar-refractivity contribution in [1.29, 1.82) is 0 Å². The molecule has 0 fully saturated rings. The highest BCUT2D eigenvalue weighted by Crippen LogP contribution is 2.31. The third-order valence-corrected chi connectivity index (χ3v) is 3.40. The Hall–Kier alpha value is -3.29. The molecule has 26 heavy (non-hydrogen) atoms. The largest absolute Gasteiger partial charge is 0.493 e. The lowest BCUT2D eigenvalue weighted by Crippen LogP contribution is -2.05. The van der Waals surface area contributed by atoms with Gasteiger partial charge in [-0.05, 0) is 42.0 Å². The first-order chi connectivity index (χ1) is 12.5. The van der Waals surface area contributed by atoms with Crippen molar-refractivity contribution in [2.45, 2.75) is 6.61 Å². The van der Waals surface area contributed by atoms with E-state index in [0.717, 1.165) is 0 Å². The maximum absolute atomic E-state index is 13.3. The van der Waals surface area contributed by atoms with Crippen LogP contribution in [0.1, 0.15) is 11.1 Å². The third kappa shape index (κ3) is 3.85. The van der Waals surface area contributed by atoms with Crippen LogP contribution in [0.4, 0.5) is 13.2 Å². The van der Waals surface area contributed by atoms with E-state index >= 15 is 0 Å². The van der Waals surface area contributed by atoms with Crippen molar-refractivity contribution >= 4 is 17.9 Å². The number of esters is 1. The zero-order valence-electron chi connectivity index (χ0n) is 13.4. The Morgan fingerprint density at radius 2 is 1.96 bits per heavy atom. The number of cyclic esters (lactones) is 1. The number of aliphatic imine (C=N–C) groups is 1. The summed E-state index contributed by atoms with van der Waals surface area (Å²) in [5, 5.41) is 0. The second-order valence-corrected chi connectivity index (χ2v) is 5.14. The van der Waals surface area contributed by atoms with E-state index in [9.17, 15) is 18.0 Å². The molecule has 0 unspecified atom stereocenters. The molecule has 0 spiro atoms. The molecule has 0 N–H and O–H groups in total. The summed E-state index contributed by atoms with van der Waals surface area (Å²) >= 11 is 0. The Kier molecular flexibility index (Phi) is 4.92. The number of rotatable bonds is 5. The molecule has 0 bridgehead atoms. The normalized spacial score (nSPS) is 15.2. The van der Waals surface area contributed by atoms with Crippen LogP contribution in [0.15, 0.2) is 53.2 Å². The fourth-order valence-corrected chi connectivity index (χ4v) is 2.28. The first-order valence-corrected chi connectivity index (χ1v) is 7.37. The van der Waals surface area contributed by atoms with Crippen molar-refractivity contribution in [3.05, 3.63) is 65.1 Å². The molecule has 134 valence electrons. The smallest absolute Gasteiger partial charge is 0.387 e. The first-order valence-electron chi connectivity index (χ1n) is 7.37. The average molecular weight is 363 g/mol. The second-order valence-electron chi connectivity index (χ2n) is 5.14. The van der Waals surface area contributed by atoms with Gasteiger partial charge in [0.2, 0.25) is 5.90 Å². The fourth-order valence-electron chi connectivity index (χ4n) is 2.28. The number of nitrogens with zero attached hydrogens (tertiary/aromatic N) is 1. The third-order valence-electron chi connectivity index (χ3n) is 3.40. The molecule has 0 amide bonds. The predicted molar refractivity (Wildman–Crippen MR) is 86.6 cm³/mol. The van der Waals surface area contributed by atoms with Crippen molar-refractivity contribution in [3.8, 4) is 11.5 Å². The van der Waals surface area contributed by atoms with Crippen molar-refractivity contribution in [1.82, 2.24) is 0 Å². The lowest BCUT2D eigenvalue weighted by Gasteiger charge is -2.10. The number of methoxy groups -OCH3 is 1. The summed E-state index contributed by atoms with van der Waals surface area (Å²) in [5.41, 5.74) is 0.758. The van der Waals surface area contributed by atoms with Crippen LogP contribution in [-0.2, 0) is 9.53 Å². The summed E-state index contributed by atoms with van der Waals surface area (Å²) in [6, 6.07) is 9.62. The van der Waals surface area contributed by atoms with Gasteiger partial charge >= 0.3 is 12.6 Å². The average Bonchev–Trinajstić information content (AvgIpc) is 2.96. The van der Waals surface area contributed by atoms with Gasteiger partial charge in [-0.1, -0.05) is 12.1 Å². The minimum atomic E-state index is -2.99. The molecule has 1 aliphatic rings. The van der Waals surface area contributed by atoms with Crippen molar-refractivity contribution < 1.29 is 32.2 Å². The summed E-state index contributed by atoms with van der Waals surface area (Å²) in [6.45, 7) is -2.99. The van der Waals surface area contributed by atoms with Crippen LogP contribution < -0.4 is 9.47 Å². The summed E-state index contributed by atoms with van der Waals surface area (Å²) in [5.74, 6) is -1.29. The number of alkyl halides is 2. The Morgan fingerprint density at radius 1 is 1.15 bits per heavy atom. The Labute approximate surface area is 146 Å². The van der Waals surface area contributed by atoms with Gasteiger partial charge in [0.05, 0.1) is 7.11 Å². The standard InChI is InChI=1S/C18H12F3NO4/c1-24-15-8-10(5-6-14(15)25-18(20)21)7-13-17(23)26-16(22-13)11-3-2-4-12(19)9-11/h2-9,18H,1H3/b13-7-. The van der Waals surface area contributed by atoms with Gasteiger partial charge in [-0.2, -0.15) is 8.78 Å². The van der Waals surface area contributed by atoms with Crippen LogP contribution in [0.3, 0.4) is 0 Å². The Bertz CT molecular complexity index is 909. The van der Waals surface area contributed by atoms with E-state index in [2.05, 4.69) is 9.73 Å². The summed E-state index contributed by atoms with van der Waals surface area (Å²) < 4.78 is 52.4. The first kappa shape index (κ1) is 17.5. The van der Waals surface area contributed by atoms with E-state index in [1.807, 2.05) is 0 Å². The van der Waals surface area contributed by atoms with Gasteiger partial charge in [0, 0.05) is 5.56 Å². The summed E-state index contributed by atoms with van der Waals surface area (Å²) in [6.07, 6.45) is 1.39. The van der Waals surface area contributed by atoms with E-state index in [0.29, 0.717) is 11.1 Å². The van der Waals surface area contributed by atoms with Gasteiger partial charge in [0.1, 0.15) is 5.82 Å². The maximum atomic E-state index is 13.3. The number of benzene rings is 2. The van der Waals surface area contributed by atoms with Gasteiger partial charge in [0.15, 0.2) is 17.2 Å². The molecule has 0 saturated heterocycles. The van der Waals surface area contributed by atoms with E-state index in [1.54, 1.807) is 6.07 Å². The number of carbonyl (C=O) groups is 1. The van der Waals surface area contributed by atoms with Crippen LogP contribution in [0.5, 0.6) is 11.5 Å². The molecule has 0 aliphatic carbocycles. The van der Waals surface area contributed by atoms with Crippen molar-refractivity contribution in [3.63, 3.8) is 0 Å². The molecule has 0 atom stereocenters. The number of ether oxygens (including phenoxy) is 3. The number of hydrogen-bond donors (Lipinski definition) is 0. The molecule has 5 nitrogen and oxygen atoms in total. The molecule has 0 saturated carbocycles. The Balaban J connectivity index is 1.90. The molecule has 2 aromatic carbocycles. The van der Waals surface area contributed by atoms with Gasteiger partial charge in [0.25, 0.3) is 0 Å². The minimum Gasteiger partial charge on any atom is -0.493 e. The fraction of sp³-hybridized carbons (Fsp3) is 0.111. The molecule has 3 rings (SSSR count). The molecule has 0 aromatic heterocycles. The van der Waals surface area contributed by atoms with Gasteiger partial charge in [-0.25, -0.2) is 14.2 Å². The number of hydrogen-bond acceptors (Lipinski definition) is 5. The van der Waals surface area contributed by atoms with Crippen LogP contribution in [-0.4, -0.2) is 25.6 Å². The monoisotopic (exact) mass is 363 g/mol. The summed E-state index contributed by atoms with van der Waals surface area (Å²) in [4.78, 5) is 16.0. The quantitative estimate of drug-likeness (QED) is 0.599. The zero-order chi connectivity index (χ0) is 18.7. The van der Waals surface area contributed by atoms with Crippen molar-refractivity contribution in [2.75, 3.05) is 7.11 Å². The topological polar surface area (TPSA) is 57.1 Å². The molecule has 1 aliphatic heterocycles. The molecule has 2 aromatic rings. The molecular formula is C18H12F3NO4. The molecular weight excluding hydrogens is 351 g/mol. The van der Waals surface area contributed by atoms with E-state index in [-0.39, 0.29) is 23.1 Å². The van der Waals surface area contributed by atoms with Gasteiger partial charge < -0.3 is 14.2 Å². The number of carbonyl (C=O) groups excluding carboxylic acids is 1. The van der Waals surface area contributed by atoms with E-state index < -0.39 is 18.4 Å². The minimum absolute atomic E-state index is 0.0196. The SMILES string of the molecule is COc1cc(/C=C2\N=C(c3cccc(F)c3)OC2=O)ccc1OC(F)F. The summed E-state index contributed by atoms with van der Waals surface area (Å²) in [7, 11) is 1.30. The van der Waals surface area contributed by atoms with Crippen LogP contribution in [0.2, 0.25) is 0 Å². The lowest BCUT2D eigenvalue weighted by atomic mass is 10.1. The zero-order valence-corrected chi connectivity index (χ0v) is 13.4. The second kappa shape index (κ2) is 7.30. The van der Waals surface area contributed by atoms with Crippen LogP contribution in [0.25, 0.3) is 6.08 Å². The molecule has 1 heterocycles. The maximum Gasteiger partial charge on any atom is 0.387 e. The lowest BCUT2D eigenvalue weighted by molar-refractivity contribution is -0.129. The molecule has 8 heteroatoms. The highest BCUT2D eigenvalue weighted by molar-refractivity contribution is 6.12. The predicted octanol–water partition coefficient (Wildman–Crippen LogP) is 3.78. The van der Waals surface area contributed by atoms with Gasteiger partial charge in [-0.3, -0.25) is 0 Å². The van der Waals surface area contributed by atoms with Crippen LogP contribution in [0, 0.1) is 5.82 Å². The highest BCUT2D eigenvalue weighted by Gasteiger charge is 2.24. The highest BCUT2D eigenvalue weighted by atomic mass is 19.3. The van der Waals surface area contributed by atoms with Crippen LogP contribution >= 0.6 is 0 Å². The van der Waals surface area contributed by atoms with E-state index in [1.165, 1.54) is 49.6 Å². The Morgan fingerprint density at radius 3 is 2.65 bits per heavy atom. The molecule has 0 radical (unpaired) electrons. The van der Waals surface area contributed by atoms with E-state index in [4.69, 9.17) is 9.47 Å².